The maximum Gasteiger partial charge on any atom is 0.127 e. The van der Waals surface area contributed by atoms with E-state index in [0.29, 0.717) is 12.5 Å². The first-order chi connectivity index (χ1) is 8.67. The number of aromatic hydroxyl groups is 1. The number of benzene rings is 1. The Morgan fingerprint density at radius 3 is 2.84 bits per heavy atom. The summed E-state index contributed by atoms with van der Waals surface area (Å²) < 4.78 is 13.2. The molecular weight excluding hydrogens is 267 g/mol. The van der Waals surface area contributed by atoms with Gasteiger partial charge in [0.15, 0.2) is 0 Å². The minimum absolute atomic E-state index is 0. The molecule has 0 spiro atoms. The second kappa shape index (κ2) is 7.68. The first-order valence-corrected chi connectivity index (χ1v) is 6.58. The molecule has 1 aliphatic heterocycles. The fourth-order valence-corrected chi connectivity index (χ4v) is 2.75. The maximum atomic E-state index is 13.2. The molecule has 1 unspecified atom stereocenters. The van der Waals surface area contributed by atoms with Crippen molar-refractivity contribution in [3.8, 4) is 5.75 Å². The van der Waals surface area contributed by atoms with Crippen LogP contribution in [0.1, 0.15) is 24.8 Å². The van der Waals surface area contributed by atoms with Gasteiger partial charge in [-0.3, -0.25) is 4.90 Å². The van der Waals surface area contributed by atoms with E-state index < -0.39 is 0 Å². The Labute approximate surface area is 120 Å². The van der Waals surface area contributed by atoms with Crippen LogP contribution in [0.3, 0.4) is 0 Å². The molecule has 0 aromatic heterocycles. The molecule has 0 saturated carbocycles. The fourth-order valence-electron chi connectivity index (χ4n) is 2.75. The minimum atomic E-state index is -0.375. The van der Waals surface area contributed by atoms with Crippen LogP contribution in [0.5, 0.6) is 5.75 Å². The van der Waals surface area contributed by atoms with Crippen molar-refractivity contribution >= 4 is 12.4 Å². The fraction of sp³-hybridized carbons (Fsp3) is 0.571. The monoisotopic (exact) mass is 288 g/mol. The maximum absolute atomic E-state index is 13.2. The number of phenolic OH excluding ortho intramolecular Hbond substituents is 1. The summed E-state index contributed by atoms with van der Waals surface area (Å²) in [6.45, 7) is 3.50. The molecule has 0 radical (unpaired) electrons. The summed E-state index contributed by atoms with van der Waals surface area (Å²) in [4.78, 5) is 2.32. The van der Waals surface area contributed by atoms with E-state index >= 15 is 0 Å². The Morgan fingerprint density at radius 2 is 2.16 bits per heavy atom. The number of hydrogen-bond donors (Lipinski definition) is 2. The van der Waals surface area contributed by atoms with Crippen molar-refractivity contribution in [2.24, 2.45) is 11.7 Å². The van der Waals surface area contributed by atoms with Gasteiger partial charge in [-0.25, -0.2) is 4.39 Å². The zero-order valence-corrected chi connectivity index (χ0v) is 11.8. The number of rotatable bonds is 4. The molecular formula is C14H22ClFN2O. The van der Waals surface area contributed by atoms with Gasteiger partial charge in [0.2, 0.25) is 0 Å². The van der Waals surface area contributed by atoms with Crippen LogP contribution >= 0.6 is 12.4 Å². The van der Waals surface area contributed by atoms with Gasteiger partial charge >= 0.3 is 0 Å². The Morgan fingerprint density at radius 1 is 1.37 bits per heavy atom. The van der Waals surface area contributed by atoms with Crippen LogP contribution in [0.4, 0.5) is 4.39 Å². The van der Waals surface area contributed by atoms with E-state index in [-0.39, 0.29) is 24.0 Å². The van der Waals surface area contributed by atoms with E-state index in [1.807, 2.05) is 0 Å². The van der Waals surface area contributed by atoms with Gasteiger partial charge in [0.1, 0.15) is 11.6 Å². The normalized spacial score (nSPS) is 20.0. The van der Waals surface area contributed by atoms with Crippen molar-refractivity contribution in [3.05, 3.63) is 29.6 Å². The standard InChI is InChI=1S/C14H21FN2O.ClH/c15-13-6-12(7-14(18)8-13)10-17-5-1-2-11(9-17)3-4-16;/h6-8,11,18H,1-5,9-10,16H2;1H. The molecule has 0 bridgehead atoms. The molecule has 2 rings (SSSR count). The zero-order valence-electron chi connectivity index (χ0n) is 11.0. The third-order valence-corrected chi connectivity index (χ3v) is 3.53. The average Bonchev–Trinajstić information content (AvgIpc) is 2.28. The Hall–Kier alpha value is -0.840. The van der Waals surface area contributed by atoms with E-state index in [4.69, 9.17) is 5.73 Å². The van der Waals surface area contributed by atoms with Gasteiger partial charge in [-0.2, -0.15) is 0 Å². The van der Waals surface area contributed by atoms with Gasteiger partial charge in [-0.1, -0.05) is 0 Å². The SMILES string of the molecule is Cl.NCCC1CCCN(Cc2cc(O)cc(F)c2)C1. The first-order valence-electron chi connectivity index (χ1n) is 6.58. The molecule has 1 aromatic carbocycles. The number of hydrogen-bond acceptors (Lipinski definition) is 3. The number of nitrogens with zero attached hydrogens (tertiary/aromatic N) is 1. The van der Waals surface area contributed by atoms with Crippen LogP contribution in [0.15, 0.2) is 18.2 Å². The molecule has 1 aromatic rings. The van der Waals surface area contributed by atoms with Gasteiger partial charge in [-0.15, -0.1) is 12.4 Å². The van der Waals surface area contributed by atoms with Crippen LogP contribution in [0.25, 0.3) is 0 Å². The van der Waals surface area contributed by atoms with Crippen molar-refractivity contribution in [2.45, 2.75) is 25.8 Å². The van der Waals surface area contributed by atoms with Crippen LogP contribution in [-0.2, 0) is 6.54 Å². The third kappa shape index (κ3) is 4.97. The Bertz CT molecular complexity index is 381. The largest absolute Gasteiger partial charge is 0.508 e. The molecule has 1 atom stereocenters. The summed E-state index contributed by atoms with van der Waals surface area (Å²) in [6, 6.07) is 4.26. The molecule has 3 N–H and O–H groups in total. The molecule has 3 nitrogen and oxygen atoms in total. The summed E-state index contributed by atoms with van der Waals surface area (Å²) in [6.07, 6.45) is 3.47. The number of likely N-dealkylation sites (tertiary alicyclic amines) is 1. The second-order valence-electron chi connectivity index (χ2n) is 5.14. The predicted octanol–water partition coefficient (Wildman–Crippen LogP) is 2.51. The zero-order chi connectivity index (χ0) is 13.0. The summed E-state index contributed by atoms with van der Waals surface area (Å²) >= 11 is 0. The lowest BCUT2D eigenvalue weighted by Crippen LogP contribution is -2.35. The average molecular weight is 289 g/mol. The summed E-state index contributed by atoms with van der Waals surface area (Å²) in [7, 11) is 0. The smallest absolute Gasteiger partial charge is 0.127 e. The molecule has 1 heterocycles. The highest BCUT2D eigenvalue weighted by molar-refractivity contribution is 5.85. The summed E-state index contributed by atoms with van der Waals surface area (Å²) in [5.41, 5.74) is 6.43. The van der Waals surface area contributed by atoms with Crippen LogP contribution in [0, 0.1) is 11.7 Å². The molecule has 1 aliphatic rings. The lowest BCUT2D eigenvalue weighted by Gasteiger charge is -2.32. The van der Waals surface area contributed by atoms with E-state index in [1.165, 1.54) is 18.9 Å². The number of piperidine rings is 1. The highest BCUT2D eigenvalue weighted by Gasteiger charge is 2.19. The second-order valence-corrected chi connectivity index (χ2v) is 5.14. The van der Waals surface area contributed by atoms with Gasteiger partial charge in [-0.05, 0) is 56.0 Å². The lowest BCUT2D eigenvalue weighted by atomic mass is 9.94. The minimum Gasteiger partial charge on any atom is -0.508 e. The van der Waals surface area contributed by atoms with Gasteiger partial charge in [0, 0.05) is 19.2 Å². The van der Waals surface area contributed by atoms with Crippen molar-refractivity contribution < 1.29 is 9.50 Å². The molecule has 108 valence electrons. The molecule has 1 fully saturated rings. The van der Waals surface area contributed by atoms with Gasteiger partial charge < -0.3 is 10.8 Å². The van der Waals surface area contributed by atoms with E-state index in [2.05, 4.69) is 4.90 Å². The van der Waals surface area contributed by atoms with Crippen LogP contribution < -0.4 is 5.73 Å². The molecule has 1 saturated heterocycles. The summed E-state index contributed by atoms with van der Waals surface area (Å²) in [5, 5.41) is 9.38. The van der Waals surface area contributed by atoms with E-state index in [1.54, 1.807) is 6.07 Å². The highest BCUT2D eigenvalue weighted by atomic mass is 35.5. The number of phenols is 1. The molecule has 0 aliphatic carbocycles. The molecule has 0 amide bonds. The van der Waals surface area contributed by atoms with Crippen molar-refractivity contribution in [1.29, 1.82) is 0 Å². The topological polar surface area (TPSA) is 49.5 Å². The van der Waals surface area contributed by atoms with E-state index in [9.17, 15) is 9.50 Å². The van der Waals surface area contributed by atoms with E-state index in [0.717, 1.165) is 37.7 Å². The highest BCUT2D eigenvalue weighted by Crippen LogP contribution is 2.22. The molecule has 19 heavy (non-hydrogen) atoms. The first kappa shape index (κ1) is 16.2. The Kier molecular flexibility index (Phi) is 6.55. The predicted molar refractivity (Wildman–Crippen MR) is 77.0 cm³/mol. The van der Waals surface area contributed by atoms with Crippen molar-refractivity contribution in [3.63, 3.8) is 0 Å². The number of halogens is 2. The number of nitrogens with two attached hydrogens (primary N) is 1. The van der Waals surface area contributed by atoms with Crippen molar-refractivity contribution in [2.75, 3.05) is 19.6 Å². The quantitative estimate of drug-likeness (QED) is 0.895. The summed E-state index contributed by atoms with van der Waals surface area (Å²) in [5.74, 6) is 0.284. The van der Waals surface area contributed by atoms with Gasteiger partial charge in [0.05, 0.1) is 0 Å². The third-order valence-electron chi connectivity index (χ3n) is 3.53. The van der Waals surface area contributed by atoms with Crippen LogP contribution in [-0.4, -0.2) is 29.6 Å². The Balaban J connectivity index is 0.00000180. The molecule has 5 heteroatoms. The van der Waals surface area contributed by atoms with Crippen LogP contribution in [0.2, 0.25) is 0 Å². The van der Waals surface area contributed by atoms with Crippen molar-refractivity contribution in [1.82, 2.24) is 4.90 Å². The van der Waals surface area contributed by atoms with Gasteiger partial charge in [0.25, 0.3) is 0 Å². The lowest BCUT2D eigenvalue weighted by molar-refractivity contribution is 0.163.